The summed E-state index contributed by atoms with van der Waals surface area (Å²) in [6, 6.07) is 0. The lowest BCUT2D eigenvalue weighted by molar-refractivity contribution is 0.331. The van der Waals surface area contributed by atoms with Crippen LogP contribution in [0.1, 0.15) is 26.9 Å². The van der Waals surface area contributed by atoms with E-state index in [0.29, 0.717) is 5.92 Å². The third-order valence-electron chi connectivity index (χ3n) is 2.43. The van der Waals surface area contributed by atoms with Crippen LogP contribution >= 0.6 is 11.8 Å². The van der Waals surface area contributed by atoms with Crippen molar-refractivity contribution in [1.29, 1.82) is 0 Å². The van der Waals surface area contributed by atoms with Gasteiger partial charge in [-0.3, -0.25) is 0 Å². The van der Waals surface area contributed by atoms with Gasteiger partial charge in [0.05, 0.1) is 0 Å². The molecule has 0 saturated carbocycles. The topological polar surface area (TPSA) is 67.9 Å². The van der Waals surface area contributed by atoms with Crippen LogP contribution in [0.2, 0.25) is 0 Å². The van der Waals surface area contributed by atoms with Gasteiger partial charge in [-0.15, -0.1) is 11.8 Å². The third-order valence-corrected chi connectivity index (χ3v) is 3.29. The number of hydrogen-bond acceptors (Lipinski definition) is 5. The number of thioether (sulfide) groups is 1. The van der Waals surface area contributed by atoms with E-state index in [1.54, 1.807) is 11.8 Å². The van der Waals surface area contributed by atoms with Gasteiger partial charge in [-0.05, 0) is 11.7 Å². The van der Waals surface area contributed by atoms with E-state index in [4.69, 9.17) is 5.73 Å². The van der Waals surface area contributed by atoms with Gasteiger partial charge < -0.3 is 11.2 Å². The SMILES string of the molecule is CCSc1nn2c(c1N)NNC2C(C)C. The Labute approximate surface area is 93.8 Å². The summed E-state index contributed by atoms with van der Waals surface area (Å²) in [4.78, 5) is 0. The molecule has 0 spiro atoms. The van der Waals surface area contributed by atoms with Crippen molar-refractivity contribution in [1.82, 2.24) is 15.2 Å². The molecule has 1 atom stereocenters. The Morgan fingerprint density at radius 2 is 2.33 bits per heavy atom. The number of hydrogen-bond donors (Lipinski definition) is 3. The molecule has 1 aliphatic heterocycles. The maximum atomic E-state index is 6.00. The number of fused-ring (bicyclic) bond motifs is 1. The van der Waals surface area contributed by atoms with E-state index in [1.165, 1.54) is 0 Å². The predicted molar refractivity (Wildman–Crippen MR) is 63.7 cm³/mol. The lowest BCUT2D eigenvalue weighted by Crippen LogP contribution is -2.26. The lowest BCUT2D eigenvalue weighted by Gasteiger charge is -2.14. The molecule has 0 bridgehead atoms. The summed E-state index contributed by atoms with van der Waals surface area (Å²) in [6.07, 6.45) is 0.188. The normalized spacial score (nSPS) is 19.3. The second kappa shape index (κ2) is 3.94. The van der Waals surface area contributed by atoms with Gasteiger partial charge in [0.1, 0.15) is 16.9 Å². The minimum absolute atomic E-state index is 0.188. The van der Waals surface area contributed by atoms with Crippen molar-refractivity contribution in [3.8, 4) is 0 Å². The molecule has 6 heteroatoms. The monoisotopic (exact) mass is 227 g/mol. The Morgan fingerprint density at radius 1 is 1.60 bits per heavy atom. The average Bonchev–Trinajstić information content (AvgIpc) is 2.69. The fourth-order valence-electron chi connectivity index (χ4n) is 1.65. The van der Waals surface area contributed by atoms with Gasteiger partial charge in [0.2, 0.25) is 0 Å². The van der Waals surface area contributed by atoms with Crippen LogP contribution in [-0.4, -0.2) is 15.5 Å². The Hall–Kier alpha value is -0.880. The molecule has 1 aromatic heterocycles. The first-order chi connectivity index (χ1) is 7.15. The molecule has 0 aromatic carbocycles. The molecule has 0 fully saturated rings. The molecule has 1 aliphatic rings. The van der Waals surface area contributed by atoms with Crippen LogP contribution < -0.4 is 16.6 Å². The van der Waals surface area contributed by atoms with Crippen molar-refractivity contribution >= 4 is 23.3 Å². The highest BCUT2D eigenvalue weighted by Crippen LogP contribution is 2.36. The van der Waals surface area contributed by atoms with Crippen LogP contribution in [0.15, 0.2) is 5.03 Å². The Bertz CT molecular complexity index is 360. The predicted octanol–water partition coefficient (Wildman–Crippen LogP) is 1.66. The second-order valence-corrected chi connectivity index (χ2v) is 5.16. The largest absolute Gasteiger partial charge is 0.393 e. The smallest absolute Gasteiger partial charge is 0.165 e. The fourth-order valence-corrected chi connectivity index (χ4v) is 2.32. The lowest BCUT2D eigenvalue weighted by atomic mass is 10.2. The number of nitrogens with two attached hydrogens (primary N) is 1. The summed E-state index contributed by atoms with van der Waals surface area (Å²) >= 11 is 1.68. The average molecular weight is 227 g/mol. The molecule has 0 amide bonds. The molecule has 4 N–H and O–H groups in total. The molecular weight excluding hydrogens is 210 g/mol. The van der Waals surface area contributed by atoms with E-state index in [9.17, 15) is 0 Å². The Morgan fingerprint density at radius 3 is 2.93 bits per heavy atom. The summed E-state index contributed by atoms with van der Waals surface area (Å²) in [7, 11) is 0. The van der Waals surface area contributed by atoms with Crippen LogP contribution in [0.25, 0.3) is 0 Å². The Kier molecular flexibility index (Phi) is 2.79. The highest BCUT2D eigenvalue weighted by Gasteiger charge is 2.28. The fraction of sp³-hybridized carbons (Fsp3) is 0.667. The van der Waals surface area contributed by atoms with Gasteiger partial charge in [-0.25, -0.2) is 10.1 Å². The summed E-state index contributed by atoms with van der Waals surface area (Å²) < 4.78 is 1.94. The van der Waals surface area contributed by atoms with Gasteiger partial charge in [0, 0.05) is 0 Å². The number of rotatable bonds is 3. The van der Waals surface area contributed by atoms with Crippen LogP contribution in [-0.2, 0) is 0 Å². The van der Waals surface area contributed by atoms with Crippen LogP contribution in [0.4, 0.5) is 11.5 Å². The van der Waals surface area contributed by atoms with Crippen molar-refractivity contribution in [2.24, 2.45) is 5.92 Å². The molecule has 1 unspecified atom stereocenters. The standard InChI is InChI=1S/C9H17N5S/c1-4-15-9-6(10)8-12-11-7(5(2)3)14(8)13-9/h5,7,11-12H,4,10H2,1-3H3. The minimum atomic E-state index is 0.188. The molecule has 0 radical (unpaired) electrons. The molecule has 1 aromatic rings. The summed E-state index contributed by atoms with van der Waals surface area (Å²) in [5, 5.41) is 5.44. The number of nitrogen functional groups attached to an aromatic ring is 1. The van der Waals surface area contributed by atoms with Crippen molar-refractivity contribution in [3.63, 3.8) is 0 Å². The number of hydrazine groups is 1. The second-order valence-electron chi connectivity index (χ2n) is 3.90. The number of anilines is 2. The molecule has 5 nitrogen and oxygen atoms in total. The molecule has 0 saturated heterocycles. The summed E-state index contributed by atoms with van der Waals surface area (Å²) in [5.41, 5.74) is 13.0. The molecular formula is C9H17N5S. The highest BCUT2D eigenvalue weighted by molar-refractivity contribution is 7.99. The van der Waals surface area contributed by atoms with Gasteiger partial charge >= 0.3 is 0 Å². The van der Waals surface area contributed by atoms with E-state index >= 15 is 0 Å². The maximum absolute atomic E-state index is 6.00. The quantitative estimate of drug-likeness (QED) is 0.685. The van der Waals surface area contributed by atoms with Gasteiger partial charge in [-0.2, -0.15) is 5.10 Å². The third kappa shape index (κ3) is 1.68. The van der Waals surface area contributed by atoms with Gasteiger partial charge in [-0.1, -0.05) is 20.8 Å². The zero-order valence-electron chi connectivity index (χ0n) is 9.24. The van der Waals surface area contributed by atoms with Crippen molar-refractivity contribution in [3.05, 3.63) is 0 Å². The number of nitrogens with zero attached hydrogens (tertiary/aromatic N) is 2. The summed E-state index contributed by atoms with van der Waals surface area (Å²) in [5.74, 6) is 2.35. The van der Waals surface area contributed by atoms with E-state index in [-0.39, 0.29) is 6.17 Å². The van der Waals surface area contributed by atoms with Crippen LogP contribution in [0.3, 0.4) is 0 Å². The zero-order valence-corrected chi connectivity index (χ0v) is 10.1. The van der Waals surface area contributed by atoms with Crippen LogP contribution in [0, 0.1) is 5.92 Å². The first-order valence-electron chi connectivity index (χ1n) is 5.17. The molecule has 0 aliphatic carbocycles. The van der Waals surface area contributed by atoms with E-state index in [1.807, 2.05) is 4.68 Å². The number of aromatic nitrogens is 2. The Balaban J connectivity index is 2.33. The summed E-state index contributed by atoms with van der Waals surface area (Å²) in [6.45, 7) is 6.40. The van der Waals surface area contributed by atoms with E-state index in [2.05, 4.69) is 36.7 Å². The molecule has 84 valence electrons. The van der Waals surface area contributed by atoms with E-state index in [0.717, 1.165) is 22.3 Å². The first-order valence-corrected chi connectivity index (χ1v) is 6.16. The molecule has 2 heterocycles. The minimum Gasteiger partial charge on any atom is -0.393 e. The molecule has 2 rings (SSSR count). The number of nitrogens with one attached hydrogen (secondary N) is 2. The maximum Gasteiger partial charge on any atom is 0.165 e. The van der Waals surface area contributed by atoms with Gasteiger partial charge in [0.25, 0.3) is 0 Å². The highest BCUT2D eigenvalue weighted by atomic mass is 32.2. The zero-order chi connectivity index (χ0) is 11.0. The van der Waals surface area contributed by atoms with Crippen molar-refractivity contribution < 1.29 is 0 Å². The van der Waals surface area contributed by atoms with E-state index < -0.39 is 0 Å². The van der Waals surface area contributed by atoms with Gasteiger partial charge in [0.15, 0.2) is 5.82 Å². The first kappa shape index (κ1) is 10.6. The molecule has 15 heavy (non-hydrogen) atoms. The van der Waals surface area contributed by atoms with Crippen LogP contribution in [0.5, 0.6) is 0 Å². The van der Waals surface area contributed by atoms with Crippen molar-refractivity contribution in [2.75, 3.05) is 16.9 Å². The van der Waals surface area contributed by atoms with Crippen molar-refractivity contribution in [2.45, 2.75) is 32.0 Å².